The minimum absolute atomic E-state index is 0.0275. The first-order valence-electron chi connectivity index (χ1n) is 21.5. The molecule has 3 unspecified atom stereocenters. The van der Waals surface area contributed by atoms with Gasteiger partial charge in [-0.25, -0.2) is 0 Å². The Morgan fingerprint density at radius 3 is 2.33 bits per heavy atom. The first kappa shape index (κ1) is 37.0. The van der Waals surface area contributed by atoms with E-state index < -0.39 is 5.41 Å². The summed E-state index contributed by atoms with van der Waals surface area (Å²) in [5.41, 5.74) is 15.5. The number of ether oxygens (including phenoxy) is 1. The molecule has 4 N–H and O–H groups in total. The fraction of sp³-hybridized carbons (Fsp3) is 0.625. The SMILES string of the molecule is CC1(C)CC[C@]2(C(=O)OCc3ccccc3)CC[C@]3(C)C(=C(c4ccc(N5CCNCC5)cc4)CC4[C@@]5(C)Cc6c(n[nH]c6N)C(C)(C)C5CC[C@]43C)C2C1. The molecule has 0 bridgehead atoms. The van der Waals surface area contributed by atoms with E-state index in [-0.39, 0.29) is 39.0 Å². The Bertz CT molecular complexity index is 1990. The number of aromatic nitrogens is 2. The summed E-state index contributed by atoms with van der Waals surface area (Å²) in [7, 11) is 0. The lowest BCUT2D eigenvalue weighted by Crippen LogP contribution is -2.65. The van der Waals surface area contributed by atoms with Crippen molar-refractivity contribution in [3.63, 3.8) is 0 Å². The average Bonchev–Trinajstić information content (AvgIpc) is 3.54. The normalized spacial score (nSPS) is 36.1. The van der Waals surface area contributed by atoms with Crippen molar-refractivity contribution in [3.05, 3.63) is 82.6 Å². The third kappa shape index (κ3) is 5.44. The van der Waals surface area contributed by atoms with Crippen LogP contribution in [0.25, 0.3) is 5.57 Å². The highest BCUT2D eigenvalue weighted by Crippen LogP contribution is 2.77. The summed E-state index contributed by atoms with van der Waals surface area (Å²) >= 11 is 0. The van der Waals surface area contributed by atoms with E-state index in [1.165, 1.54) is 40.9 Å². The molecule has 2 aromatic carbocycles. The molecule has 1 saturated heterocycles. The molecule has 294 valence electrons. The second kappa shape index (κ2) is 12.7. The van der Waals surface area contributed by atoms with Crippen molar-refractivity contribution in [1.29, 1.82) is 0 Å². The number of nitrogens with one attached hydrogen (secondary N) is 2. The molecule has 4 fully saturated rings. The Kier molecular flexibility index (Phi) is 8.56. The van der Waals surface area contributed by atoms with Crippen LogP contribution in [0.1, 0.15) is 122 Å². The van der Waals surface area contributed by atoms with Crippen LogP contribution in [-0.4, -0.2) is 42.3 Å². The molecule has 6 aliphatic rings. The maximum absolute atomic E-state index is 14.9. The molecule has 0 spiro atoms. The van der Waals surface area contributed by atoms with E-state index >= 15 is 0 Å². The number of anilines is 2. The Balaban J connectivity index is 1.21. The van der Waals surface area contributed by atoms with E-state index in [0.29, 0.717) is 18.4 Å². The number of nitrogen functional groups attached to an aromatic ring is 1. The molecular weight excluding hydrogens is 679 g/mol. The molecular formula is C48H65N5O2. The summed E-state index contributed by atoms with van der Waals surface area (Å²) in [4.78, 5) is 17.4. The van der Waals surface area contributed by atoms with Gasteiger partial charge < -0.3 is 20.7 Å². The Morgan fingerprint density at radius 2 is 1.60 bits per heavy atom. The zero-order valence-corrected chi connectivity index (χ0v) is 34.6. The number of rotatable bonds is 5. The summed E-state index contributed by atoms with van der Waals surface area (Å²) in [5, 5.41) is 11.6. The van der Waals surface area contributed by atoms with E-state index in [9.17, 15) is 4.79 Å². The highest BCUT2D eigenvalue weighted by Gasteiger charge is 2.70. The molecule has 0 amide bonds. The first-order chi connectivity index (χ1) is 26.1. The largest absolute Gasteiger partial charge is 0.460 e. The molecule has 3 aromatic rings. The number of fused-ring (bicyclic) bond motifs is 8. The summed E-state index contributed by atoms with van der Waals surface area (Å²) in [6, 6.07) is 19.9. The van der Waals surface area contributed by atoms with Crippen LogP contribution in [-0.2, 0) is 28.0 Å². The number of carbonyl (C=O) groups is 1. The van der Waals surface area contributed by atoms with Crippen LogP contribution in [0.15, 0.2) is 60.2 Å². The van der Waals surface area contributed by atoms with Gasteiger partial charge in [0.15, 0.2) is 0 Å². The molecule has 1 aromatic heterocycles. The van der Waals surface area contributed by atoms with E-state index in [0.717, 1.165) is 82.5 Å². The number of benzene rings is 2. The predicted molar refractivity (Wildman–Crippen MR) is 222 cm³/mol. The molecule has 0 radical (unpaired) electrons. The number of aromatic amines is 1. The number of esters is 1. The number of hydrogen-bond acceptors (Lipinski definition) is 6. The van der Waals surface area contributed by atoms with Crippen LogP contribution in [0.3, 0.4) is 0 Å². The summed E-state index contributed by atoms with van der Waals surface area (Å²) in [6.07, 6.45) is 9.22. The fourth-order valence-corrected chi connectivity index (χ4v) is 14.1. The quantitative estimate of drug-likeness (QED) is 0.226. The molecule has 1 aliphatic heterocycles. The van der Waals surface area contributed by atoms with E-state index in [2.05, 4.69) is 100 Å². The van der Waals surface area contributed by atoms with Gasteiger partial charge in [0.25, 0.3) is 0 Å². The van der Waals surface area contributed by atoms with Crippen molar-refractivity contribution in [2.45, 2.75) is 118 Å². The number of carbonyl (C=O) groups excluding carboxylic acids is 1. The minimum Gasteiger partial charge on any atom is -0.460 e. The first-order valence-corrected chi connectivity index (χ1v) is 21.5. The van der Waals surface area contributed by atoms with Gasteiger partial charge in [-0.15, -0.1) is 0 Å². The topological polar surface area (TPSA) is 96.3 Å². The standard InChI is InChI=1S/C48H65N5O2/c1-43(2)19-21-48(42(54)55-30-31-11-9-8-10-12-31)22-20-47(7)39(36(48)29-43)34(32-13-15-33(16-14-32)53-25-23-50-24-26-53)27-38-45(5)28-35-40(51-52-41(35)49)44(3,4)37(45)17-18-46(38,47)6/h8-16,36-38,50H,17-30H2,1-7H3,(H3,49,51,52)/t36?,37?,38?,45-,46+,47+,48-/m0/s1. The van der Waals surface area contributed by atoms with Crippen molar-refractivity contribution in [3.8, 4) is 0 Å². The van der Waals surface area contributed by atoms with Gasteiger partial charge in [0.2, 0.25) is 0 Å². The number of nitrogens with zero attached hydrogens (tertiary/aromatic N) is 2. The van der Waals surface area contributed by atoms with Crippen molar-refractivity contribution in [2.75, 3.05) is 36.8 Å². The molecule has 7 nitrogen and oxygen atoms in total. The maximum Gasteiger partial charge on any atom is 0.313 e. The second-order valence-corrected chi connectivity index (χ2v) is 20.8. The Hall–Kier alpha value is -3.58. The van der Waals surface area contributed by atoms with Gasteiger partial charge in [-0.05, 0) is 126 Å². The van der Waals surface area contributed by atoms with Crippen LogP contribution in [0.5, 0.6) is 0 Å². The van der Waals surface area contributed by atoms with Crippen LogP contribution >= 0.6 is 0 Å². The zero-order valence-electron chi connectivity index (χ0n) is 34.6. The van der Waals surface area contributed by atoms with Crippen molar-refractivity contribution in [1.82, 2.24) is 15.5 Å². The van der Waals surface area contributed by atoms with Crippen molar-refractivity contribution < 1.29 is 9.53 Å². The van der Waals surface area contributed by atoms with Crippen molar-refractivity contribution >= 4 is 23.0 Å². The third-order valence-electron chi connectivity index (χ3n) is 17.2. The van der Waals surface area contributed by atoms with Gasteiger partial charge >= 0.3 is 5.97 Å². The van der Waals surface area contributed by atoms with E-state index in [1.807, 2.05) is 18.2 Å². The molecule has 7 heteroatoms. The van der Waals surface area contributed by atoms with E-state index in [1.54, 1.807) is 5.57 Å². The van der Waals surface area contributed by atoms with E-state index in [4.69, 9.17) is 15.6 Å². The second-order valence-electron chi connectivity index (χ2n) is 20.8. The average molecular weight is 744 g/mol. The van der Waals surface area contributed by atoms with Gasteiger partial charge in [0.05, 0.1) is 11.1 Å². The van der Waals surface area contributed by atoms with Crippen LogP contribution in [0.2, 0.25) is 0 Å². The summed E-state index contributed by atoms with van der Waals surface area (Å²) in [5.74, 6) is 1.87. The predicted octanol–water partition coefficient (Wildman–Crippen LogP) is 9.49. The summed E-state index contributed by atoms with van der Waals surface area (Å²) < 4.78 is 6.42. The highest BCUT2D eigenvalue weighted by molar-refractivity contribution is 5.82. The molecule has 2 heterocycles. The molecule has 5 aliphatic carbocycles. The highest BCUT2D eigenvalue weighted by atomic mass is 16.5. The third-order valence-corrected chi connectivity index (χ3v) is 17.2. The molecule has 55 heavy (non-hydrogen) atoms. The van der Waals surface area contributed by atoms with Gasteiger partial charge in [-0.3, -0.25) is 9.89 Å². The lowest BCUT2D eigenvalue weighted by atomic mass is 9.33. The Morgan fingerprint density at radius 1 is 0.891 bits per heavy atom. The van der Waals surface area contributed by atoms with Crippen LogP contribution in [0, 0.1) is 44.8 Å². The fourth-order valence-electron chi connectivity index (χ4n) is 14.1. The number of allylic oxidation sites excluding steroid dienone is 2. The molecule has 7 atom stereocenters. The monoisotopic (exact) mass is 744 g/mol. The molecule has 9 rings (SSSR count). The van der Waals surface area contributed by atoms with Crippen molar-refractivity contribution in [2.24, 2.45) is 44.8 Å². The smallest absolute Gasteiger partial charge is 0.313 e. The molecule has 3 saturated carbocycles. The number of piperazine rings is 1. The van der Waals surface area contributed by atoms with Gasteiger partial charge in [0, 0.05) is 42.8 Å². The minimum atomic E-state index is -0.511. The zero-order chi connectivity index (χ0) is 38.6. The van der Waals surface area contributed by atoms with Gasteiger partial charge in [0.1, 0.15) is 12.4 Å². The van der Waals surface area contributed by atoms with Crippen LogP contribution in [0.4, 0.5) is 11.5 Å². The van der Waals surface area contributed by atoms with Gasteiger partial charge in [-0.2, -0.15) is 5.10 Å². The lowest BCUT2D eigenvalue weighted by molar-refractivity contribution is -0.181. The lowest BCUT2D eigenvalue weighted by Gasteiger charge is -2.71. The number of hydrogen-bond donors (Lipinski definition) is 3. The van der Waals surface area contributed by atoms with Gasteiger partial charge in [-0.1, -0.05) is 96.5 Å². The number of nitrogens with two attached hydrogens (primary N) is 1. The van der Waals surface area contributed by atoms with Crippen LogP contribution < -0.4 is 16.0 Å². The number of H-pyrrole nitrogens is 1. The maximum atomic E-state index is 14.9. The Labute approximate surface area is 329 Å². The summed E-state index contributed by atoms with van der Waals surface area (Å²) in [6.45, 7) is 22.1.